The Labute approximate surface area is 210 Å². The molecule has 0 bridgehead atoms. The van der Waals surface area contributed by atoms with Gasteiger partial charge in [0.25, 0.3) is 0 Å². The fraction of sp³-hybridized carbons (Fsp3) is 0.593. The standard InChI is InChI=1S/C27H42O8/c1-4-7-9-13-29-15-17-31-19-21-34-25-12-11-24(27(28)33-6-3)23-26(25)35-22-20-32-18-16-30-14-10-8-5-2/h4-5,11-12,23H,1-2,6-10,13-22H2,3H3. The van der Waals surface area contributed by atoms with E-state index in [9.17, 15) is 4.79 Å². The van der Waals surface area contributed by atoms with Crippen LogP contribution in [0.5, 0.6) is 11.5 Å². The minimum atomic E-state index is -0.412. The van der Waals surface area contributed by atoms with E-state index in [-0.39, 0.29) is 0 Å². The molecule has 0 atom stereocenters. The number of carbonyl (C=O) groups is 1. The van der Waals surface area contributed by atoms with E-state index in [1.807, 2.05) is 12.2 Å². The molecule has 0 saturated heterocycles. The van der Waals surface area contributed by atoms with E-state index in [0.29, 0.717) is 89.7 Å². The van der Waals surface area contributed by atoms with Gasteiger partial charge in [0.15, 0.2) is 11.5 Å². The molecule has 198 valence electrons. The maximum absolute atomic E-state index is 12.1. The van der Waals surface area contributed by atoms with Crippen LogP contribution in [0.15, 0.2) is 43.5 Å². The van der Waals surface area contributed by atoms with E-state index >= 15 is 0 Å². The molecule has 0 aliphatic heterocycles. The van der Waals surface area contributed by atoms with Crippen LogP contribution in [0.2, 0.25) is 0 Å². The van der Waals surface area contributed by atoms with E-state index in [4.69, 9.17) is 33.2 Å². The third-order valence-corrected chi connectivity index (χ3v) is 4.56. The highest BCUT2D eigenvalue weighted by Gasteiger charge is 2.13. The number of carbonyl (C=O) groups excluding carboxylic acids is 1. The van der Waals surface area contributed by atoms with Crippen LogP contribution in [0.1, 0.15) is 43.0 Å². The van der Waals surface area contributed by atoms with Crippen molar-refractivity contribution >= 4 is 5.97 Å². The van der Waals surface area contributed by atoms with E-state index in [1.54, 1.807) is 25.1 Å². The second-order valence-corrected chi connectivity index (χ2v) is 7.39. The number of unbranched alkanes of at least 4 members (excludes halogenated alkanes) is 2. The third-order valence-electron chi connectivity index (χ3n) is 4.56. The first-order valence-electron chi connectivity index (χ1n) is 12.3. The Kier molecular flexibility index (Phi) is 19.3. The summed E-state index contributed by atoms with van der Waals surface area (Å²) in [7, 11) is 0. The van der Waals surface area contributed by atoms with Crippen molar-refractivity contribution in [3.8, 4) is 11.5 Å². The molecule has 0 aliphatic rings. The number of hydrogen-bond donors (Lipinski definition) is 0. The average Bonchev–Trinajstić information content (AvgIpc) is 2.87. The van der Waals surface area contributed by atoms with Crippen molar-refractivity contribution in [2.45, 2.75) is 32.6 Å². The van der Waals surface area contributed by atoms with Crippen LogP contribution in [0.4, 0.5) is 0 Å². The van der Waals surface area contributed by atoms with Crippen molar-refractivity contribution in [2.24, 2.45) is 0 Å². The number of ether oxygens (including phenoxy) is 7. The minimum absolute atomic E-state index is 0.298. The third kappa shape index (κ3) is 16.0. The van der Waals surface area contributed by atoms with Gasteiger partial charge in [0.05, 0.1) is 51.8 Å². The van der Waals surface area contributed by atoms with E-state index in [0.717, 1.165) is 25.7 Å². The van der Waals surface area contributed by atoms with Crippen LogP contribution in [0, 0.1) is 0 Å². The predicted octanol–water partition coefficient (Wildman–Crippen LogP) is 4.62. The Morgan fingerprint density at radius 1 is 0.714 bits per heavy atom. The monoisotopic (exact) mass is 494 g/mol. The van der Waals surface area contributed by atoms with E-state index < -0.39 is 5.97 Å². The van der Waals surface area contributed by atoms with Crippen molar-refractivity contribution < 1.29 is 38.0 Å². The molecule has 8 nitrogen and oxygen atoms in total. The van der Waals surface area contributed by atoms with Crippen molar-refractivity contribution in [1.29, 1.82) is 0 Å². The van der Waals surface area contributed by atoms with Gasteiger partial charge in [-0.15, -0.1) is 13.2 Å². The maximum Gasteiger partial charge on any atom is 0.338 e. The smallest absolute Gasteiger partial charge is 0.338 e. The second kappa shape index (κ2) is 22.1. The Morgan fingerprint density at radius 2 is 1.20 bits per heavy atom. The number of rotatable bonds is 24. The Morgan fingerprint density at radius 3 is 1.71 bits per heavy atom. The summed E-state index contributed by atoms with van der Waals surface area (Å²) in [5.41, 5.74) is 0.396. The summed E-state index contributed by atoms with van der Waals surface area (Å²) in [5, 5.41) is 0. The van der Waals surface area contributed by atoms with Crippen molar-refractivity contribution in [1.82, 2.24) is 0 Å². The maximum atomic E-state index is 12.1. The molecule has 1 rings (SSSR count). The molecule has 0 N–H and O–H groups in total. The topological polar surface area (TPSA) is 81.7 Å². The zero-order chi connectivity index (χ0) is 25.4. The van der Waals surface area contributed by atoms with Gasteiger partial charge in [-0.25, -0.2) is 4.79 Å². The minimum Gasteiger partial charge on any atom is -0.487 e. The van der Waals surface area contributed by atoms with Gasteiger partial charge in [-0.2, -0.15) is 0 Å². The van der Waals surface area contributed by atoms with Gasteiger partial charge in [-0.3, -0.25) is 0 Å². The molecule has 0 amide bonds. The fourth-order valence-corrected chi connectivity index (χ4v) is 2.81. The molecule has 0 aromatic heterocycles. The summed E-state index contributed by atoms with van der Waals surface area (Å²) < 4.78 is 38.8. The Balaban J connectivity index is 2.37. The molecular weight excluding hydrogens is 452 g/mol. The van der Waals surface area contributed by atoms with Crippen LogP contribution >= 0.6 is 0 Å². The van der Waals surface area contributed by atoms with Gasteiger partial charge >= 0.3 is 5.97 Å². The first-order chi connectivity index (χ1) is 17.2. The molecule has 0 fully saturated rings. The molecular formula is C27H42O8. The largest absolute Gasteiger partial charge is 0.487 e. The lowest BCUT2D eigenvalue weighted by Gasteiger charge is -2.14. The zero-order valence-electron chi connectivity index (χ0n) is 21.2. The number of hydrogen-bond acceptors (Lipinski definition) is 8. The lowest BCUT2D eigenvalue weighted by Crippen LogP contribution is -2.14. The van der Waals surface area contributed by atoms with E-state index in [1.165, 1.54) is 0 Å². The molecule has 0 heterocycles. The second-order valence-electron chi connectivity index (χ2n) is 7.39. The fourth-order valence-electron chi connectivity index (χ4n) is 2.81. The van der Waals surface area contributed by atoms with Crippen LogP contribution in [0.3, 0.4) is 0 Å². The lowest BCUT2D eigenvalue weighted by molar-refractivity contribution is 0.0326. The molecule has 35 heavy (non-hydrogen) atoms. The van der Waals surface area contributed by atoms with Gasteiger partial charge in [-0.05, 0) is 50.8 Å². The summed E-state index contributed by atoms with van der Waals surface area (Å²) in [4.78, 5) is 12.1. The number of allylic oxidation sites excluding steroid dienone is 2. The summed E-state index contributed by atoms with van der Waals surface area (Å²) in [6, 6.07) is 4.97. The van der Waals surface area contributed by atoms with Gasteiger partial charge in [0.1, 0.15) is 13.2 Å². The number of esters is 1. The Hall–Kier alpha value is -2.39. The van der Waals surface area contributed by atoms with Crippen LogP contribution < -0.4 is 9.47 Å². The number of benzene rings is 1. The Bertz CT molecular complexity index is 692. The molecule has 0 saturated carbocycles. The first-order valence-corrected chi connectivity index (χ1v) is 12.3. The van der Waals surface area contributed by atoms with Gasteiger partial charge in [0.2, 0.25) is 0 Å². The van der Waals surface area contributed by atoms with Crippen LogP contribution in [-0.4, -0.2) is 78.6 Å². The summed E-state index contributed by atoms with van der Waals surface area (Å²) in [6.07, 6.45) is 7.58. The average molecular weight is 495 g/mol. The van der Waals surface area contributed by atoms with Crippen molar-refractivity contribution in [2.75, 3.05) is 72.7 Å². The van der Waals surface area contributed by atoms with Gasteiger partial charge in [-0.1, -0.05) is 12.2 Å². The van der Waals surface area contributed by atoms with Gasteiger partial charge in [0, 0.05) is 13.2 Å². The summed E-state index contributed by atoms with van der Waals surface area (Å²) in [6.45, 7) is 14.3. The molecule has 0 radical (unpaired) electrons. The SMILES string of the molecule is C=CCCCOCCOCCOc1ccc(C(=O)OCC)cc1OCCOCCOCCCC=C. The van der Waals surface area contributed by atoms with E-state index in [2.05, 4.69) is 13.2 Å². The van der Waals surface area contributed by atoms with Gasteiger partial charge < -0.3 is 33.2 Å². The molecule has 0 spiro atoms. The highest BCUT2D eigenvalue weighted by Crippen LogP contribution is 2.29. The molecule has 8 heteroatoms. The summed E-state index contributed by atoms with van der Waals surface area (Å²) >= 11 is 0. The molecule has 1 aromatic carbocycles. The predicted molar refractivity (Wildman–Crippen MR) is 136 cm³/mol. The molecule has 0 unspecified atom stereocenters. The first kappa shape index (κ1) is 30.6. The zero-order valence-corrected chi connectivity index (χ0v) is 21.2. The lowest BCUT2D eigenvalue weighted by atomic mass is 10.2. The highest BCUT2D eigenvalue weighted by atomic mass is 16.6. The normalized spacial score (nSPS) is 10.7. The van der Waals surface area contributed by atoms with Crippen LogP contribution in [0.25, 0.3) is 0 Å². The summed E-state index contributed by atoms with van der Waals surface area (Å²) in [5.74, 6) is 0.559. The van der Waals surface area contributed by atoms with Crippen LogP contribution in [-0.2, 0) is 23.7 Å². The molecule has 0 aliphatic carbocycles. The van der Waals surface area contributed by atoms with Crippen molar-refractivity contribution in [3.05, 3.63) is 49.1 Å². The van der Waals surface area contributed by atoms with Crippen molar-refractivity contribution in [3.63, 3.8) is 0 Å². The highest BCUT2D eigenvalue weighted by molar-refractivity contribution is 5.90. The molecule has 1 aromatic rings. The quantitative estimate of drug-likeness (QED) is 0.117.